The molecule has 3 fully saturated rings. The Morgan fingerprint density at radius 1 is 1.20 bits per heavy atom. The lowest BCUT2D eigenvalue weighted by molar-refractivity contribution is -0.188. The molecule has 0 radical (unpaired) electrons. The van der Waals surface area contributed by atoms with Gasteiger partial charge >= 0.3 is 0 Å². The molecule has 0 saturated carbocycles. The van der Waals surface area contributed by atoms with Crippen molar-refractivity contribution in [1.29, 1.82) is 0 Å². The number of ether oxygens (including phenoxy) is 1. The first-order valence-electron chi connectivity index (χ1n) is 7.03. The minimum atomic E-state index is -3.19. The fourth-order valence-electron chi connectivity index (χ4n) is 3.26. The Hall–Kier alpha value is -0.700. The maximum atomic E-state index is 12.2. The van der Waals surface area contributed by atoms with Gasteiger partial charge in [0.25, 0.3) is 5.91 Å². The summed E-state index contributed by atoms with van der Waals surface area (Å²) in [7, 11) is -3.19. The summed E-state index contributed by atoms with van der Waals surface area (Å²) in [6.45, 7) is 1.67. The van der Waals surface area contributed by atoms with Gasteiger partial charge in [0, 0.05) is 6.54 Å². The van der Waals surface area contributed by atoms with Gasteiger partial charge in [-0.1, -0.05) is 0 Å². The maximum Gasteiger partial charge on any atom is 0.275 e. The van der Waals surface area contributed by atoms with Crippen LogP contribution in [0.5, 0.6) is 0 Å². The molecule has 0 aliphatic carbocycles. The van der Waals surface area contributed by atoms with Crippen LogP contribution in [0, 0.1) is 0 Å². The van der Waals surface area contributed by atoms with E-state index in [1.165, 1.54) is 15.6 Å². The van der Waals surface area contributed by atoms with Gasteiger partial charge in [0.2, 0.25) is 10.0 Å². The lowest BCUT2D eigenvalue weighted by atomic mass is 9.99. The van der Waals surface area contributed by atoms with Crippen LogP contribution in [0.15, 0.2) is 0 Å². The monoisotopic (exact) mass is 304 g/mol. The molecule has 0 spiro atoms. The third kappa shape index (κ3) is 2.57. The first-order chi connectivity index (χ1) is 9.47. The Labute approximate surface area is 118 Å². The first kappa shape index (κ1) is 14.2. The zero-order valence-corrected chi connectivity index (χ0v) is 12.3. The molecule has 0 aromatic heterocycles. The minimum Gasteiger partial charge on any atom is -0.363 e. The molecule has 0 aromatic rings. The Kier molecular flexibility index (Phi) is 3.74. The number of fused-ring (bicyclic) bond motifs is 1. The van der Waals surface area contributed by atoms with Crippen LogP contribution >= 0.6 is 0 Å². The molecule has 3 saturated heterocycles. The number of nitrogens with zero attached hydrogens (tertiary/aromatic N) is 2. The van der Waals surface area contributed by atoms with Crippen LogP contribution in [0.3, 0.4) is 0 Å². The van der Waals surface area contributed by atoms with Crippen molar-refractivity contribution in [3.8, 4) is 0 Å². The van der Waals surface area contributed by atoms with E-state index in [0.29, 0.717) is 39.0 Å². The Morgan fingerprint density at radius 3 is 2.65 bits per heavy atom. The van der Waals surface area contributed by atoms with Crippen LogP contribution < -0.4 is 0 Å². The van der Waals surface area contributed by atoms with Gasteiger partial charge in [-0.2, -0.15) is 4.31 Å². The third-order valence-electron chi connectivity index (χ3n) is 4.20. The summed E-state index contributed by atoms with van der Waals surface area (Å²) in [5.74, 6) is -0.126. The summed E-state index contributed by atoms with van der Waals surface area (Å²) in [5.41, 5.74) is 0. The van der Waals surface area contributed by atoms with Crippen molar-refractivity contribution < 1.29 is 22.8 Å². The van der Waals surface area contributed by atoms with E-state index in [1.54, 1.807) is 0 Å². The van der Waals surface area contributed by atoms with Crippen molar-refractivity contribution in [2.45, 2.75) is 43.9 Å². The van der Waals surface area contributed by atoms with Crippen LogP contribution in [0.25, 0.3) is 0 Å². The topological polar surface area (TPSA) is 76.2 Å². The zero-order chi connectivity index (χ0) is 14.3. The number of hydrogen-bond acceptors (Lipinski definition) is 5. The summed E-state index contributed by atoms with van der Waals surface area (Å²) >= 11 is 0. The molecular weight excluding hydrogens is 284 g/mol. The zero-order valence-electron chi connectivity index (χ0n) is 11.5. The number of sulfonamides is 1. The van der Waals surface area contributed by atoms with Crippen LogP contribution in [0.1, 0.15) is 25.7 Å². The molecule has 0 aromatic carbocycles. The van der Waals surface area contributed by atoms with Crippen LogP contribution in [-0.2, 0) is 24.4 Å². The molecule has 20 heavy (non-hydrogen) atoms. The van der Waals surface area contributed by atoms with Gasteiger partial charge in [0.05, 0.1) is 31.6 Å². The quantitative estimate of drug-likeness (QED) is 0.702. The van der Waals surface area contributed by atoms with Crippen molar-refractivity contribution in [3.63, 3.8) is 0 Å². The average molecular weight is 304 g/mol. The second-order valence-corrected chi connectivity index (χ2v) is 7.53. The standard InChI is InChI=1S/C12H20N2O5S/c1-20(16,17)14-7-5-10-9(14)3-4-11(19-10)12(15)13-6-2-8-18-13/h9-11H,2-8H2,1H3/t9-,10-,11-/m1/s1. The van der Waals surface area contributed by atoms with Crippen molar-refractivity contribution in [1.82, 2.24) is 9.37 Å². The number of rotatable bonds is 2. The summed E-state index contributed by atoms with van der Waals surface area (Å²) in [6, 6.07) is -0.117. The van der Waals surface area contributed by atoms with Gasteiger partial charge in [0.1, 0.15) is 6.10 Å². The Morgan fingerprint density at radius 2 is 2.00 bits per heavy atom. The molecule has 0 bridgehead atoms. The average Bonchev–Trinajstić information content (AvgIpc) is 3.05. The van der Waals surface area contributed by atoms with Crippen molar-refractivity contribution in [3.05, 3.63) is 0 Å². The smallest absolute Gasteiger partial charge is 0.275 e. The molecule has 0 unspecified atom stereocenters. The second kappa shape index (κ2) is 5.25. The molecule has 3 rings (SSSR count). The molecule has 3 heterocycles. The van der Waals surface area contributed by atoms with E-state index in [9.17, 15) is 13.2 Å². The molecule has 3 aliphatic heterocycles. The van der Waals surface area contributed by atoms with E-state index in [-0.39, 0.29) is 18.1 Å². The van der Waals surface area contributed by atoms with Gasteiger partial charge in [-0.3, -0.25) is 9.63 Å². The van der Waals surface area contributed by atoms with E-state index in [4.69, 9.17) is 9.57 Å². The van der Waals surface area contributed by atoms with Gasteiger partial charge in [-0.05, 0) is 25.7 Å². The van der Waals surface area contributed by atoms with E-state index >= 15 is 0 Å². The molecule has 114 valence electrons. The van der Waals surface area contributed by atoms with E-state index in [2.05, 4.69) is 0 Å². The first-order valence-corrected chi connectivity index (χ1v) is 8.88. The van der Waals surface area contributed by atoms with Crippen LogP contribution in [0.4, 0.5) is 0 Å². The van der Waals surface area contributed by atoms with Gasteiger partial charge in [-0.15, -0.1) is 0 Å². The highest BCUT2D eigenvalue weighted by molar-refractivity contribution is 7.88. The molecule has 0 N–H and O–H groups in total. The summed E-state index contributed by atoms with van der Waals surface area (Å²) < 4.78 is 30.7. The number of amides is 1. The maximum absolute atomic E-state index is 12.2. The van der Waals surface area contributed by atoms with Gasteiger partial charge in [-0.25, -0.2) is 13.5 Å². The molecule has 3 atom stereocenters. The summed E-state index contributed by atoms with van der Waals surface area (Å²) in [6.07, 6.45) is 3.29. The highest BCUT2D eigenvalue weighted by Crippen LogP contribution is 2.33. The molecule has 8 heteroatoms. The molecular formula is C12H20N2O5S. The fourth-order valence-corrected chi connectivity index (χ4v) is 4.43. The van der Waals surface area contributed by atoms with E-state index < -0.39 is 16.1 Å². The van der Waals surface area contributed by atoms with E-state index in [1.807, 2.05) is 0 Å². The highest BCUT2D eigenvalue weighted by Gasteiger charge is 2.45. The SMILES string of the molecule is CS(=O)(=O)N1CC[C@H]2O[C@@H](C(=O)N3CCCO3)CC[C@H]21. The number of carbonyl (C=O) groups is 1. The Bertz CT molecular complexity index is 488. The predicted octanol–water partition coefficient (Wildman–Crippen LogP) is -0.268. The Balaban J connectivity index is 1.64. The normalized spacial score (nSPS) is 35.2. The molecule has 7 nitrogen and oxygen atoms in total. The van der Waals surface area contributed by atoms with Crippen LogP contribution in [0.2, 0.25) is 0 Å². The van der Waals surface area contributed by atoms with Crippen LogP contribution in [-0.4, -0.2) is 67.9 Å². The number of hydroxylamine groups is 2. The predicted molar refractivity (Wildman–Crippen MR) is 70.1 cm³/mol. The van der Waals surface area contributed by atoms with Crippen molar-refractivity contribution in [2.75, 3.05) is 26.0 Å². The largest absolute Gasteiger partial charge is 0.363 e. The summed E-state index contributed by atoms with van der Waals surface area (Å²) in [4.78, 5) is 17.5. The van der Waals surface area contributed by atoms with Gasteiger partial charge in [0.15, 0.2) is 0 Å². The third-order valence-corrected chi connectivity index (χ3v) is 5.50. The van der Waals surface area contributed by atoms with Crippen molar-refractivity contribution in [2.24, 2.45) is 0 Å². The fraction of sp³-hybridized carbons (Fsp3) is 0.917. The second-order valence-electron chi connectivity index (χ2n) is 5.60. The van der Waals surface area contributed by atoms with Gasteiger partial charge < -0.3 is 4.74 Å². The molecule has 3 aliphatic rings. The minimum absolute atomic E-state index is 0.117. The molecule has 1 amide bonds. The summed E-state index contributed by atoms with van der Waals surface area (Å²) in [5, 5.41) is 1.38. The lowest BCUT2D eigenvalue weighted by Gasteiger charge is -2.35. The number of hydrogen-bond donors (Lipinski definition) is 0. The van der Waals surface area contributed by atoms with E-state index in [0.717, 1.165) is 6.42 Å². The number of carbonyl (C=O) groups excluding carboxylic acids is 1. The highest BCUT2D eigenvalue weighted by atomic mass is 32.2. The lowest BCUT2D eigenvalue weighted by Crippen LogP contribution is -2.49. The van der Waals surface area contributed by atoms with Crippen molar-refractivity contribution >= 4 is 15.9 Å².